The second kappa shape index (κ2) is 7.38. The molecule has 1 aliphatic heterocycles. The van der Waals surface area contributed by atoms with Crippen molar-refractivity contribution in [2.24, 2.45) is 0 Å². The lowest BCUT2D eigenvalue weighted by Crippen LogP contribution is -2.38. The second-order valence-electron chi connectivity index (χ2n) is 5.34. The minimum absolute atomic E-state index is 0.199. The van der Waals surface area contributed by atoms with Crippen LogP contribution in [-0.4, -0.2) is 35.5 Å². The van der Waals surface area contributed by atoms with Crippen molar-refractivity contribution < 1.29 is 4.79 Å². The average Bonchev–Trinajstić information content (AvgIpc) is 3.22. The molecule has 0 unspecified atom stereocenters. The van der Waals surface area contributed by atoms with E-state index < -0.39 is 0 Å². The zero-order chi connectivity index (χ0) is 15.2. The lowest BCUT2D eigenvalue weighted by molar-refractivity contribution is 0.227. The molecule has 5 nitrogen and oxygen atoms in total. The number of nitrogens with one attached hydrogen (secondary N) is 2. The fourth-order valence-electron chi connectivity index (χ4n) is 2.80. The summed E-state index contributed by atoms with van der Waals surface area (Å²) in [7, 11) is 0. The van der Waals surface area contributed by atoms with Crippen LogP contribution in [0.3, 0.4) is 0 Å². The second-order valence-corrected chi connectivity index (χ2v) is 6.24. The maximum Gasteiger partial charge on any atom is 0.321 e. The summed E-state index contributed by atoms with van der Waals surface area (Å²) < 4.78 is 0. The molecule has 2 heterocycles. The van der Waals surface area contributed by atoms with Crippen LogP contribution < -0.4 is 10.6 Å². The minimum Gasteiger partial charge on any atom is -0.336 e. The largest absolute Gasteiger partial charge is 0.336 e. The van der Waals surface area contributed by atoms with Gasteiger partial charge in [-0.3, -0.25) is 10.2 Å². The van der Waals surface area contributed by atoms with E-state index in [4.69, 9.17) is 0 Å². The number of benzene rings is 1. The van der Waals surface area contributed by atoms with Gasteiger partial charge in [0.1, 0.15) is 0 Å². The summed E-state index contributed by atoms with van der Waals surface area (Å²) in [6, 6.07) is 10.4. The molecular weight excluding hydrogens is 296 g/mol. The number of likely N-dealkylation sites (tertiary alicyclic amines) is 1. The molecule has 1 fully saturated rings. The first-order valence-corrected chi connectivity index (χ1v) is 8.44. The molecule has 3 rings (SSSR count). The minimum atomic E-state index is -0.199. The number of anilines is 1. The van der Waals surface area contributed by atoms with Gasteiger partial charge in [0.2, 0.25) is 0 Å². The summed E-state index contributed by atoms with van der Waals surface area (Å²) >= 11 is 1.41. The Kier molecular flexibility index (Phi) is 5.03. The van der Waals surface area contributed by atoms with Crippen LogP contribution in [0.2, 0.25) is 0 Å². The van der Waals surface area contributed by atoms with Crippen LogP contribution in [0.15, 0.2) is 41.9 Å². The number of nitrogens with zero attached hydrogens (tertiary/aromatic N) is 2. The van der Waals surface area contributed by atoms with Gasteiger partial charge in [-0.05, 0) is 31.5 Å². The highest BCUT2D eigenvalue weighted by atomic mass is 32.1. The SMILES string of the molecule is O=C(NC[C@@H](c1ccccc1)N1CCCC1)Nc1nccs1. The molecule has 0 saturated carbocycles. The van der Waals surface area contributed by atoms with Gasteiger partial charge in [0, 0.05) is 18.1 Å². The van der Waals surface area contributed by atoms with E-state index in [2.05, 4.69) is 32.7 Å². The van der Waals surface area contributed by atoms with E-state index in [1.54, 1.807) is 6.20 Å². The molecule has 1 saturated heterocycles. The van der Waals surface area contributed by atoms with Crippen molar-refractivity contribution in [3.63, 3.8) is 0 Å². The molecule has 1 aliphatic rings. The summed E-state index contributed by atoms with van der Waals surface area (Å²) in [6.45, 7) is 2.78. The molecule has 2 amide bonds. The van der Waals surface area contributed by atoms with Crippen LogP contribution in [0.4, 0.5) is 9.93 Å². The Hall–Kier alpha value is -1.92. The molecule has 0 radical (unpaired) electrons. The van der Waals surface area contributed by atoms with Crippen molar-refractivity contribution in [2.75, 3.05) is 25.0 Å². The van der Waals surface area contributed by atoms with Gasteiger partial charge in [0.05, 0.1) is 6.04 Å². The lowest BCUT2D eigenvalue weighted by atomic mass is 10.1. The van der Waals surface area contributed by atoms with Crippen LogP contribution >= 0.6 is 11.3 Å². The van der Waals surface area contributed by atoms with E-state index in [0.29, 0.717) is 11.7 Å². The monoisotopic (exact) mass is 316 g/mol. The number of aromatic nitrogens is 1. The molecule has 2 aromatic rings. The number of hydrogen-bond acceptors (Lipinski definition) is 4. The molecule has 2 N–H and O–H groups in total. The quantitative estimate of drug-likeness (QED) is 0.891. The van der Waals surface area contributed by atoms with E-state index in [0.717, 1.165) is 13.1 Å². The van der Waals surface area contributed by atoms with Gasteiger partial charge in [-0.25, -0.2) is 9.78 Å². The third kappa shape index (κ3) is 3.84. The molecule has 6 heteroatoms. The van der Waals surface area contributed by atoms with Gasteiger partial charge in [0.15, 0.2) is 5.13 Å². The van der Waals surface area contributed by atoms with E-state index in [1.165, 1.54) is 29.7 Å². The summed E-state index contributed by atoms with van der Waals surface area (Å²) in [6.07, 6.45) is 4.14. The topological polar surface area (TPSA) is 57.3 Å². The van der Waals surface area contributed by atoms with Crippen molar-refractivity contribution in [3.05, 3.63) is 47.5 Å². The molecule has 1 aromatic heterocycles. The highest BCUT2D eigenvalue weighted by Gasteiger charge is 2.23. The highest BCUT2D eigenvalue weighted by Crippen LogP contribution is 2.24. The number of carbonyl (C=O) groups excluding carboxylic acids is 1. The standard InChI is InChI=1S/C16H20N4OS/c21-15(19-16-17-8-11-22-16)18-12-14(20-9-4-5-10-20)13-6-2-1-3-7-13/h1-3,6-8,11,14H,4-5,9-10,12H2,(H2,17,18,19,21)/t14-/m0/s1. The number of rotatable bonds is 5. The Bertz CT molecular complexity index is 581. The number of urea groups is 1. The van der Waals surface area contributed by atoms with Crippen LogP contribution in [0.25, 0.3) is 0 Å². The number of amides is 2. The molecule has 116 valence electrons. The normalized spacial score (nSPS) is 16.4. The fourth-order valence-corrected chi connectivity index (χ4v) is 3.33. The number of thiazole rings is 1. The Morgan fingerprint density at radius 1 is 1.27 bits per heavy atom. The molecule has 0 aliphatic carbocycles. The van der Waals surface area contributed by atoms with Gasteiger partial charge < -0.3 is 5.32 Å². The first-order valence-electron chi connectivity index (χ1n) is 7.56. The van der Waals surface area contributed by atoms with Gasteiger partial charge in [0.25, 0.3) is 0 Å². The van der Waals surface area contributed by atoms with Crippen molar-refractivity contribution in [3.8, 4) is 0 Å². The van der Waals surface area contributed by atoms with E-state index in [-0.39, 0.29) is 12.1 Å². The maximum atomic E-state index is 12.0. The Morgan fingerprint density at radius 2 is 2.05 bits per heavy atom. The van der Waals surface area contributed by atoms with E-state index >= 15 is 0 Å². The van der Waals surface area contributed by atoms with Gasteiger partial charge in [-0.2, -0.15) is 0 Å². The summed E-state index contributed by atoms with van der Waals surface area (Å²) in [4.78, 5) is 18.5. The summed E-state index contributed by atoms with van der Waals surface area (Å²) in [5.41, 5.74) is 1.25. The predicted molar refractivity (Wildman–Crippen MR) is 89.1 cm³/mol. The Labute approximate surface area is 134 Å². The van der Waals surface area contributed by atoms with E-state index in [1.807, 2.05) is 23.6 Å². The van der Waals surface area contributed by atoms with Crippen molar-refractivity contribution in [2.45, 2.75) is 18.9 Å². The van der Waals surface area contributed by atoms with Crippen molar-refractivity contribution >= 4 is 22.5 Å². The number of hydrogen-bond donors (Lipinski definition) is 2. The smallest absolute Gasteiger partial charge is 0.321 e. The van der Waals surface area contributed by atoms with Crippen molar-refractivity contribution in [1.29, 1.82) is 0 Å². The molecule has 0 spiro atoms. The molecule has 1 aromatic carbocycles. The van der Waals surface area contributed by atoms with Crippen LogP contribution in [0.1, 0.15) is 24.4 Å². The highest BCUT2D eigenvalue weighted by molar-refractivity contribution is 7.13. The molecular formula is C16H20N4OS. The van der Waals surface area contributed by atoms with Crippen LogP contribution in [0.5, 0.6) is 0 Å². The summed E-state index contributed by atoms with van der Waals surface area (Å²) in [5.74, 6) is 0. The predicted octanol–water partition coefficient (Wildman–Crippen LogP) is 3.10. The van der Waals surface area contributed by atoms with Gasteiger partial charge in [-0.1, -0.05) is 30.3 Å². The van der Waals surface area contributed by atoms with E-state index in [9.17, 15) is 4.79 Å². The first kappa shape index (κ1) is 15.0. The lowest BCUT2D eigenvalue weighted by Gasteiger charge is -2.28. The van der Waals surface area contributed by atoms with Crippen LogP contribution in [0, 0.1) is 0 Å². The van der Waals surface area contributed by atoms with Crippen LogP contribution in [-0.2, 0) is 0 Å². The third-order valence-electron chi connectivity index (χ3n) is 3.87. The molecule has 0 bridgehead atoms. The van der Waals surface area contributed by atoms with Gasteiger partial charge >= 0.3 is 6.03 Å². The first-order chi connectivity index (χ1) is 10.8. The Balaban J connectivity index is 1.61. The van der Waals surface area contributed by atoms with Gasteiger partial charge in [-0.15, -0.1) is 11.3 Å². The fraction of sp³-hybridized carbons (Fsp3) is 0.375. The maximum absolute atomic E-state index is 12.0. The number of carbonyl (C=O) groups is 1. The average molecular weight is 316 g/mol. The van der Waals surface area contributed by atoms with Crippen molar-refractivity contribution in [1.82, 2.24) is 15.2 Å². The summed E-state index contributed by atoms with van der Waals surface area (Å²) in [5, 5.41) is 8.19. The third-order valence-corrected chi connectivity index (χ3v) is 4.56. The zero-order valence-corrected chi connectivity index (χ0v) is 13.2. The molecule has 22 heavy (non-hydrogen) atoms. The Morgan fingerprint density at radius 3 is 2.73 bits per heavy atom. The molecule has 1 atom stereocenters. The zero-order valence-electron chi connectivity index (χ0n) is 12.4.